The Balaban J connectivity index is 0.00000144. The largest absolute Gasteiger partial charge is 0.355 e. The average molecular weight is 262 g/mol. The summed E-state index contributed by atoms with van der Waals surface area (Å²) in [4.78, 5) is 13.9. The highest BCUT2D eigenvalue weighted by atomic mass is 35.5. The number of carbonyl (C=O) groups is 1. The van der Waals surface area contributed by atoms with Gasteiger partial charge in [-0.1, -0.05) is 6.92 Å². The van der Waals surface area contributed by atoms with E-state index in [1.165, 1.54) is 12.8 Å². The molecule has 2 rings (SSSR count). The van der Waals surface area contributed by atoms with Gasteiger partial charge >= 0.3 is 0 Å². The summed E-state index contributed by atoms with van der Waals surface area (Å²) < 4.78 is 0. The fraction of sp³-hybridized carbons (Fsp3) is 0.917. The van der Waals surface area contributed by atoms with Crippen molar-refractivity contribution in [3.63, 3.8) is 0 Å². The maximum atomic E-state index is 11.6. The van der Waals surface area contributed by atoms with Crippen molar-refractivity contribution >= 4 is 18.3 Å². The highest BCUT2D eigenvalue weighted by Gasteiger charge is 2.33. The highest BCUT2D eigenvalue weighted by Crippen LogP contribution is 2.28. The number of hydrogen-bond donors (Lipinski definition) is 2. The van der Waals surface area contributed by atoms with Gasteiger partial charge in [0, 0.05) is 13.1 Å². The maximum Gasteiger partial charge on any atom is 0.234 e. The lowest BCUT2D eigenvalue weighted by Crippen LogP contribution is -2.38. The number of amides is 1. The van der Waals surface area contributed by atoms with Gasteiger partial charge in [0.2, 0.25) is 5.91 Å². The summed E-state index contributed by atoms with van der Waals surface area (Å²) in [5.41, 5.74) is 5.96. The fourth-order valence-corrected chi connectivity index (χ4v) is 2.27. The summed E-state index contributed by atoms with van der Waals surface area (Å²) in [6.45, 7) is 6.30. The number of halogens is 1. The molecule has 2 aliphatic rings. The van der Waals surface area contributed by atoms with Crippen LogP contribution in [0, 0.1) is 11.3 Å². The minimum Gasteiger partial charge on any atom is -0.355 e. The normalized spacial score (nSPS) is 28.8. The second kappa shape index (κ2) is 6.03. The molecule has 4 nitrogen and oxygen atoms in total. The van der Waals surface area contributed by atoms with Crippen LogP contribution < -0.4 is 11.1 Å². The molecule has 1 aliphatic heterocycles. The number of hydrogen-bond acceptors (Lipinski definition) is 3. The van der Waals surface area contributed by atoms with Crippen LogP contribution in [0.3, 0.4) is 0 Å². The monoisotopic (exact) mass is 261 g/mol. The minimum absolute atomic E-state index is 0. The molecule has 0 spiro atoms. The van der Waals surface area contributed by atoms with Crippen LogP contribution in [0.5, 0.6) is 0 Å². The molecule has 100 valence electrons. The molecule has 1 aliphatic carbocycles. The van der Waals surface area contributed by atoms with Gasteiger partial charge in [0.25, 0.3) is 0 Å². The third kappa shape index (κ3) is 4.45. The standard InChI is InChI=1S/C12H23N3O.ClH/c1-12(8-13)4-5-15(9-12)7-11(16)14-6-10-2-3-10;/h10H,2-9,13H2,1H3,(H,14,16);1H. The van der Waals surface area contributed by atoms with E-state index in [9.17, 15) is 4.79 Å². The third-order valence-electron chi connectivity index (χ3n) is 3.78. The summed E-state index contributed by atoms with van der Waals surface area (Å²) in [6.07, 6.45) is 3.68. The average Bonchev–Trinajstić information content (AvgIpc) is 3.01. The number of nitrogens with one attached hydrogen (secondary N) is 1. The van der Waals surface area contributed by atoms with Crippen LogP contribution in [0.4, 0.5) is 0 Å². The Labute approximate surface area is 110 Å². The topological polar surface area (TPSA) is 58.4 Å². The Kier molecular flexibility index (Phi) is 5.22. The molecule has 0 aromatic carbocycles. The molecule has 1 saturated heterocycles. The van der Waals surface area contributed by atoms with Gasteiger partial charge in [-0.05, 0) is 43.7 Å². The van der Waals surface area contributed by atoms with Crippen molar-refractivity contribution in [2.45, 2.75) is 26.2 Å². The Hall–Kier alpha value is -0.320. The van der Waals surface area contributed by atoms with E-state index in [0.29, 0.717) is 13.1 Å². The van der Waals surface area contributed by atoms with E-state index >= 15 is 0 Å². The zero-order chi connectivity index (χ0) is 11.6. The van der Waals surface area contributed by atoms with Crippen molar-refractivity contribution in [1.82, 2.24) is 10.2 Å². The molecule has 0 bridgehead atoms. The van der Waals surface area contributed by atoms with E-state index in [0.717, 1.165) is 32.0 Å². The van der Waals surface area contributed by atoms with Crippen molar-refractivity contribution in [3.05, 3.63) is 0 Å². The molecule has 1 amide bonds. The first-order chi connectivity index (χ1) is 7.61. The summed E-state index contributed by atoms with van der Waals surface area (Å²) in [5, 5.41) is 3.00. The van der Waals surface area contributed by atoms with Crippen LogP contribution in [-0.4, -0.2) is 43.5 Å². The van der Waals surface area contributed by atoms with Crippen LogP contribution >= 0.6 is 12.4 Å². The summed E-state index contributed by atoms with van der Waals surface area (Å²) in [5.74, 6) is 0.935. The first-order valence-electron chi connectivity index (χ1n) is 6.30. The van der Waals surface area contributed by atoms with Gasteiger partial charge in [-0.25, -0.2) is 0 Å². The van der Waals surface area contributed by atoms with Crippen molar-refractivity contribution in [1.29, 1.82) is 0 Å². The molecule has 2 fully saturated rings. The second-order valence-corrected chi connectivity index (χ2v) is 5.72. The zero-order valence-corrected chi connectivity index (χ0v) is 11.4. The number of nitrogens with zero attached hydrogens (tertiary/aromatic N) is 1. The summed E-state index contributed by atoms with van der Waals surface area (Å²) in [6, 6.07) is 0. The SMILES string of the molecule is CC1(CN)CCN(CC(=O)NCC2CC2)C1.Cl. The molecule has 0 aromatic rings. The van der Waals surface area contributed by atoms with Gasteiger partial charge in [-0.15, -0.1) is 12.4 Å². The molecule has 3 N–H and O–H groups in total. The lowest BCUT2D eigenvalue weighted by atomic mass is 9.90. The Morgan fingerprint density at radius 2 is 2.24 bits per heavy atom. The first-order valence-corrected chi connectivity index (χ1v) is 6.30. The second-order valence-electron chi connectivity index (χ2n) is 5.72. The van der Waals surface area contributed by atoms with E-state index < -0.39 is 0 Å². The molecule has 0 aromatic heterocycles. The Morgan fingerprint density at radius 3 is 2.76 bits per heavy atom. The van der Waals surface area contributed by atoms with Gasteiger partial charge in [-0.2, -0.15) is 0 Å². The van der Waals surface area contributed by atoms with Gasteiger partial charge in [0.05, 0.1) is 6.54 Å². The van der Waals surface area contributed by atoms with Crippen LogP contribution in [0.1, 0.15) is 26.2 Å². The van der Waals surface area contributed by atoms with Gasteiger partial charge in [0.1, 0.15) is 0 Å². The number of carbonyl (C=O) groups excluding carboxylic acids is 1. The van der Waals surface area contributed by atoms with Crippen LogP contribution in [0.15, 0.2) is 0 Å². The van der Waals surface area contributed by atoms with Crippen molar-refractivity contribution in [3.8, 4) is 0 Å². The van der Waals surface area contributed by atoms with Crippen molar-refractivity contribution in [2.75, 3.05) is 32.7 Å². The van der Waals surface area contributed by atoms with Crippen LogP contribution in [0.2, 0.25) is 0 Å². The maximum absolute atomic E-state index is 11.6. The van der Waals surface area contributed by atoms with Crippen LogP contribution in [0.25, 0.3) is 0 Å². The number of rotatable bonds is 5. The Bertz CT molecular complexity index is 270. The first kappa shape index (κ1) is 14.7. The van der Waals surface area contributed by atoms with E-state index in [1.807, 2.05) is 0 Å². The van der Waals surface area contributed by atoms with Gasteiger partial charge in [-0.3, -0.25) is 9.69 Å². The van der Waals surface area contributed by atoms with E-state index in [1.54, 1.807) is 0 Å². The molecule has 17 heavy (non-hydrogen) atoms. The molecular weight excluding hydrogens is 238 g/mol. The lowest BCUT2D eigenvalue weighted by Gasteiger charge is -2.22. The Morgan fingerprint density at radius 1 is 1.53 bits per heavy atom. The third-order valence-corrected chi connectivity index (χ3v) is 3.78. The van der Waals surface area contributed by atoms with Crippen molar-refractivity contribution in [2.24, 2.45) is 17.1 Å². The summed E-state index contributed by atoms with van der Waals surface area (Å²) >= 11 is 0. The highest BCUT2D eigenvalue weighted by molar-refractivity contribution is 5.85. The van der Waals surface area contributed by atoms with Gasteiger partial charge < -0.3 is 11.1 Å². The van der Waals surface area contributed by atoms with E-state index in [4.69, 9.17) is 5.73 Å². The predicted molar refractivity (Wildman–Crippen MR) is 71.2 cm³/mol. The molecule has 1 atom stereocenters. The van der Waals surface area contributed by atoms with Crippen LogP contribution in [-0.2, 0) is 4.79 Å². The molecule has 1 heterocycles. The van der Waals surface area contributed by atoms with Gasteiger partial charge in [0.15, 0.2) is 0 Å². The van der Waals surface area contributed by atoms with Crippen molar-refractivity contribution < 1.29 is 4.79 Å². The molecule has 0 radical (unpaired) electrons. The number of likely N-dealkylation sites (tertiary alicyclic amines) is 1. The quantitative estimate of drug-likeness (QED) is 0.762. The fourth-order valence-electron chi connectivity index (χ4n) is 2.27. The van der Waals surface area contributed by atoms with E-state index in [2.05, 4.69) is 17.1 Å². The predicted octanol–water partition coefficient (Wildman–Crippen LogP) is 0.605. The minimum atomic E-state index is 0. The molecular formula is C12H24ClN3O. The zero-order valence-electron chi connectivity index (χ0n) is 10.6. The number of nitrogens with two attached hydrogens (primary N) is 1. The van der Waals surface area contributed by atoms with E-state index in [-0.39, 0.29) is 23.7 Å². The molecule has 1 unspecified atom stereocenters. The summed E-state index contributed by atoms with van der Waals surface area (Å²) in [7, 11) is 0. The smallest absolute Gasteiger partial charge is 0.234 e. The molecule has 5 heteroatoms. The lowest BCUT2D eigenvalue weighted by molar-refractivity contribution is -0.122. The molecule has 1 saturated carbocycles.